The van der Waals surface area contributed by atoms with Gasteiger partial charge in [0.25, 0.3) is 0 Å². The van der Waals surface area contributed by atoms with E-state index >= 15 is 0 Å². The first-order chi connectivity index (χ1) is 7.95. The van der Waals surface area contributed by atoms with Gasteiger partial charge >= 0.3 is 0 Å². The number of nitrogens with zero attached hydrogens (tertiary/aromatic N) is 2. The van der Waals surface area contributed by atoms with Crippen molar-refractivity contribution in [2.24, 2.45) is 5.92 Å². The van der Waals surface area contributed by atoms with Gasteiger partial charge in [0.15, 0.2) is 0 Å². The van der Waals surface area contributed by atoms with E-state index in [9.17, 15) is 0 Å². The van der Waals surface area contributed by atoms with Crippen molar-refractivity contribution < 1.29 is 4.74 Å². The maximum Gasteiger partial charge on any atom is 0.0489 e. The summed E-state index contributed by atoms with van der Waals surface area (Å²) >= 11 is 0. The van der Waals surface area contributed by atoms with Gasteiger partial charge in [-0.3, -0.25) is 4.68 Å². The summed E-state index contributed by atoms with van der Waals surface area (Å²) in [6.45, 7) is 5.12. The first kappa shape index (κ1) is 11.6. The predicted octanol–water partition coefficient (Wildman–Crippen LogP) is 1.29. The Labute approximate surface area is 97.0 Å². The van der Waals surface area contributed by atoms with Gasteiger partial charge in [0, 0.05) is 32.2 Å². The lowest BCUT2D eigenvalue weighted by molar-refractivity contribution is 0.0663. The van der Waals surface area contributed by atoms with Crippen LogP contribution in [0.5, 0.6) is 0 Å². The van der Waals surface area contributed by atoms with Gasteiger partial charge in [-0.1, -0.05) is 0 Å². The third-order valence-corrected chi connectivity index (χ3v) is 3.07. The molecule has 0 radical (unpaired) electrons. The van der Waals surface area contributed by atoms with E-state index in [0.717, 1.165) is 45.2 Å². The lowest BCUT2D eigenvalue weighted by Gasteiger charge is -2.22. The van der Waals surface area contributed by atoms with Crippen LogP contribution in [0.2, 0.25) is 0 Å². The maximum absolute atomic E-state index is 5.34. The Morgan fingerprint density at radius 3 is 3.00 bits per heavy atom. The molecule has 0 aromatic carbocycles. The molecule has 0 aliphatic carbocycles. The van der Waals surface area contributed by atoms with E-state index in [1.54, 1.807) is 0 Å². The van der Waals surface area contributed by atoms with Crippen LogP contribution in [-0.4, -0.2) is 36.1 Å². The van der Waals surface area contributed by atoms with Crippen molar-refractivity contribution in [1.29, 1.82) is 0 Å². The molecule has 16 heavy (non-hydrogen) atoms. The molecule has 0 spiro atoms. The summed E-state index contributed by atoms with van der Waals surface area (Å²) in [5.41, 5.74) is 0. The number of hydrogen-bond acceptors (Lipinski definition) is 3. The van der Waals surface area contributed by atoms with E-state index in [1.165, 1.54) is 12.8 Å². The standard InChI is InChI=1S/C12H21N3O/c1(7-15-8-2-6-14-15)5-13-11-12-3-9-16-10-4-12/h2,6,8,12-13H,1,3-5,7,9-11H2. The monoisotopic (exact) mass is 223 g/mol. The molecule has 1 N–H and O–H groups in total. The van der Waals surface area contributed by atoms with E-state index in [4.69, 9.17) is 4.74 Å². The molecule has 2 heterocycles. The smallest absolute Gasteiger partial charge is 0.0489 e. The number of aromatic nitrogens is 2. The lowest BCUT2D eigenvalue weighted by Crippen LogP contribution is -2.28. The van der Waals surface area contributed by atoms with Crippen LogP contribution in [0, 0.1) is 5.92 Å². The Kier molecular flexibility index (Phi) is 4.83. The van der Waals surface area contributed by atoms with E-state index < -0.39 is 0 Å². The summed E-state index contributed by atoms with van der Waals surface area (Å²) in [6.07, 6.45) is 7.41. The normalized spacial score (nSPS) is 17.8. The highest BCUT2D eigenvalue weighted by molar-refractivity contribution is 4.77. The molecule has 1 fully saturated rings. The fourth-order valence-electron chi connectivity index (χ4n) is 2.06. The van der Waals surface area contributed by atoms with Crippen molar-refractivity contribution in [3.8, 4) is 0 Å². The molecule has 2 rings (SSSR count). The van der Waals surface area contributed by atoms with Gasteiger partial charge in [-0.2, -0.15) is 5.10 Å². The highest BCUT2D eigenvalue weighted by Crippen LogP contribution is 2.12. The summed E-state index contributed by atoms with van der Waals surface area (Å²) in [4.78, 5) is 0. The SMILES string of the molecule is c1cnn(CCCNCC2CCOCC2)c1. The third-order valence-electron chi connectivity index (χ3n) is 3.07. The summed E-state index contributed by atoms with van der Waals surface area (Å²) in [6, 6.07) is 1.97. The van der Waals surface area contributed by atoms with Crippen molar-refractivity contribution in [2.75, 3.05) is 26.3 Å². The molecule has 90 valence electrons. The minimum absolute atomic E-state index is 0.818. The van der Waals surface area contributed by atoms with Gasteiger partial charge in [0.05, 0.1) is 0 Å². The molecule has 1 aromatic heterocycles. The summed E-state index contributed by atoms with van der Waals surface area (Å²) in [5.74, 6) is 0.818. The molecule has 0 unspecified atom stereocenters. The number of nitrogens with one attached hydrogen (secondary N) is 1. The highest BCUT2D eigenvalue weighted by atomic mass is 16.5. The van der Waals surface area contributed by atoms with E-state index in [-0.39, 0.29) is 0 Å². The molecular formula is C12H21N3O. The second kappa shape index (κ2) is 6.66. The van der Waals surface area contributed by atoms with Crippen LogP contribution in [0.15, 0.2) is 18.5 Å². The molecule has 0 bridgehead atoms. The zero-order valence-corrected chi connectivity index (χ0v) is 9.77. The number of ether oxygens (including phenoxy) is 1. The van der Waals surface area contributed by atoms with Crippen LogP contribution in [-0.2, 0) is 11.3 Å². The van der Waals surface area contributed by atoms with Crippen molar-refractivity contribution >= 4 is 0 Å². The minimum Gasteiger partial charge on any atom is -0.381 e. The highest BCUT2D eigenvalue weighted by Gasteiger charge is 2.12. The third kappa shape index (κ3) is 3.94. The van der Waals surface area contributed by atoms with Crippen LogP contribution >= 0.6 is 0 Å². The summed E-state index contributed by atoms with van der Waals surface area (Å²) in [5, 5.41) is 7.70. The maximum atomic E-state index is 5.34. The molecule has 4 nitrogen and oxygen atoms in total. The van der Waals surface area contributed by atoms with Crippen LogP contribution < -0.4 is 5.32 Å². The molecule has 1 aliphatic rings. The number of hydrogen-bond donors (Lipinski definition) is 1. The number of aryl methyl sites for hydroxylation is 1. The Hall–Kier alpha value is -0.870. The molecule has 1 saturated heterocycles. The average Bonchev–Trinajstić information content (AvgIpc) is 2.83. The molecule has 1 aliphatic heterocycles. The molecule has 0 saturated carbocycles. The van der Waals surface area contributed by atoms with E-state index in [2.05, 4.69) is 10.4 Å². The second-order valence-electron chi connectivity index (χ2n) is 4.38. The van der Waals surface area contributed by atoms with E-state index in [1.807, 2.05) is 23.1 Å². The Bertz CT molecular complexity index is 268. The van der Waals surface area contributed by atoms with Crippen molar-refractivity contribution in [3.05, 3.63) is 18.5 Å². The quantitative estimate of drug-likeness (QED) is 0.739. The molecular weight excluding hydrogens is 202 g/mol. The van der Waals surface area contributed by atoms with Gasteiger partial charge in [-0.25, -0.2) is 0 Å². The van der Waals surface area contributed by atoms with Crippen LogP contribution in [0.4, 0.5) is 0 Å². The zero-order chi connectivity index (χ0) is 11.1. The van der Waals surface area contributed by atoms with Gasteiger partial charge in [-0.05, 0) is 44.3 Å². The molecule has 1 aromatic rings. The van der Waals surface area contributed by atoms with Crippen molar-refractivity contribution in [1.82, 2.24) is 15.1 Å². The molecule has 0 amide bonds. The minimum atomic E-state index is 0.818. The van der Waals surface area contributed by atoms with Crippen LogP contribution in [0.25, 0.3) is 0 Å². The molecule has 0 atom stereocenters. The largest absolute Gasteiger partial charge is 0.381 e. The fraction of sp³-hybridized carbons (Fsp3) is 0.750. The Balaban J connectivity index is 1.48. The average molecular weight is 223 g/mol. The van der Waals surface area contributed by atoms with Crippen molar-refractivity contribution in [3.63, 3.8) is 0 Å². The van der Waals surface area contributed by atoms with Gasteiger partial charge < -0.3 is 10.1 Å². The lowest BCUT2D eigenvalue weighted by atomic mass is 10.0. The Morgan fingerprint density at radius 2 is 2.25 bits per heavy atom. The fourth-order valence-corrected chi connectivity index (χ4v) is 2.06. The van der Waals surface area contributed by atoms with Gasteiger partial charge in [0.1, 0.15) is 0 Å². The van der Waals surface area contributed by atoms with Crippen LogP contribution in [0.3, 0.4) is 0 Å². The topological polar surface area (TPSA) is 39.1 Å². The van der Waals surface area contributed by atoms with E-state index in [0.29, 0.717) is 0 Å². The van der Waals surface area contributed by atoms with Crippen LogP contribution in [0.1, 0.15) is 19.3 Å². The second-order valence-corrected chi connectivity index (χ2v) is 4.38. The van der Waals surface area contributed by atoms with Gasteiger partial charge in [-0.15, -0.1) is 0 Å². The summed E-state index contributed by atoms with van der Waals surface area (Å²) < 4.78 is 7.32. The zero-order valence-electron chi connectivity index (χ0n) is 9.77. The van der Waals surface area contributed by atoms with Gasteiger partial charge in [0.2, 0.25) is 0 Å². The Morgan fingerprint density at radius 1 is 1.38 bits per heavy atom. The predicted molar refractivity (Wildman–Crippen MR) is 63.3 cm³/mol. The summed E-state index contributed by atoms with van der Waals surface area (Å²) in [7, 11) is 0. The first-order valence-electron chi connectivity index (χ1n) is 6.21. The van der Waals surface area contributed by atoms with Crippen molar-refractivity contribution in [2.45, 2.75) is 25.8 Å². The number of rotatable bonds is 6. The molecule has 4 heteroatoms. The first-order valence-corrected chi connectivity index (χ1v) is 6.21.